The summed E-state index contributed by atoms with van der Waals surface area (Å²) in [6.07, 6.45) is 5.35. The van der Waals surface area contributed by atoms with Crippen molar-refractivity contribution in [2.24, 2.45) is 0 Å². The smallest absolute Gasteiger partial charge is 0.227 e. The molecule has 1 aromatic heterocycles. The number of benzene rings is 1. The minimum Gasteiger partial charge on any atom is -0.485 e. The summed E-state index contributed by atoms with van der Waals surface area (Å²) in [5.74, 6) is 1.16. The number of ether oxygens (including phenoxy) is 1. The van der Waals surface area contributed by atoms with Crippen molar-refractivity contribution in [1.29, 1.82) is 0 Å². The largest absolute Gasteiger partial charge is 0.485 e. The van der Waals surface area contributed by atoms with Crippen molar-refractivity contribution in [2.45, 2.75) is 26.9 Å². The Morgan fingerprint density at radius 1 is 1.29 bits per heavy atom. The number of aromatic nitrogens is 2. The van der Waals surface area contributed by atoms with E-state index in [0.717, 1.165) is 5.69 Å². The van der Waals surface area contributed by atoms with Crippen LogP contribution in [0.5, 0.6) is 5.75 Å². The molecule has 2 rings (SSSR count). The topological polar surface area (TPSA) is 47.0 Å². The maximum Gasteiger partial charge on any atom is 0.227 e. The Labute approximate surface area is 129 Å². The molecule has 0 saturated carbocycles. The van der Waals surface area contributed by atoms with E-state index < -0.39 is 0 Å². The molecule has 0 bridgehead atoms. The first kappa shape index (κ1) is 15.3. The molecule has 5 heteroatoms. The quantitative estimate of drug-likeness (QED) is 0.820. The number of halogens is 1. The number of nitrogens with one attached hydrogen (secondary N) is 1. The molecule has 1 aromatic carbocycles. The molecular weight excluding hydrogens is 286 g/mol. The standard InChI is InChI=1S/C16H18ClN3O/c1-11(2)9-12(3)21-15-10-13(5-6-14(15)17)20-16-18-7-4-8-19-16/h4-10,12H,1-3H3,(H,18,19,20). The highest BCUT2D eigenvalue weighted by molar-refractivity contribution is 6.32. The summed E-state index contributed by atoms with van der Waals surface area (Å²) in [5.41, 5.74) is 2.02. The summed E-state index contributed by atoms with van der Waals surface area (Å²) in [5, 5.41) is 3.68. The lowest BCUT2D eigenvalue weighted by Gasteiger charge is -2.14. The second kappa shape index (κ2) is 7.09. The van der Waals surface area contributed by atoms with Gasteiger partial charge in [0.15, 0.2) is 0 Å². The first-order valence-corrected chi connectivity index (χ1v) is 7.07. The zero-order valence-corrected chi connectivity index (χ0v) is 13.1. The highest BCUT2D eigenvalue weighted by atomic mass is 35.5. The summed E-state index contributed by atoms with van der Waals surface area (Å²) < 4.78 is 5.85. The molecule has 2 aromatic rings. The van der Waals surface area contributed by atoms with Gasteiger partial charge in [-0.25, -0.2) is 9.97 Å². The Bertz CT molecular complexity index is 625. The molecule has 1 heterocycles. The molecule has 0 amide bonds. The third kappa shape index (κ3) is 4.76. The second-order valence-electron chi connectivity index (χ2n) is 4.91. The number of nitrogens with zero attached hydrogens (tertiary/aromatic N) is 2. The van der Waals surface area contributed by atoms with Crippen molar-refractivity contribution in [3.05, 3.63) is 53.3 Å². The van der Waals surface area contributed by atoms with Crippen LogP contribution >= 0.6 is 11.6 Å². The lowest BCUT2D eigenvalue weighted by molar-refractivity contribution is 0.269. The normalized spacial score (nSPS) is 11.6. The van der Waals surface area contributed by atoms with Crippen molar-refractivity contribution in [1.82, 2.24) is 9.97 Å². The Hall–Kier alpha value is -2.07. The van der Waals surface area contributed by atoms with Gasteiger partial charge in [0.2, 0.25) is 5.95 Å². The maximum atomic E-state index is 6.18. The molecule has 1 unspecified atom stereocenters. The molecule has 110 valence electrons. The van der Waals surface area contributed by atoms with Crippen LogP contribution in [0.15, 0.2) is 48.3 Å². The van der Waals surface area contributed by atoms with Gasteiger partial charge in [0, 0.05) is 24.1 Å². The number of anilines is 2. The molecule has 0 aliphatic heterocycles. The predicted octanol–water partition coefficient (Wildman–Crippen LogP) is 4.61. The number of allylic oxidation sites excluding steroid dienone is 1. The summed E-state index contributed by atoms with van der Waals surface area (Å²) in [7, 11) is 0. The predicted molar refractivity (Wildman–Crippen MR) is 86.3 cm³/mol. The van der Waals surface area contributed by atoms with Crippen LogP contribution in [0.2, 0.25) is 5.02 Å². The molecule has 0 radical (unpaired) electrons. The van der Waals surface area contributed by atoms with Crippen LogP contribution in [0, 0.1) is 0 Å². The molecule has 0 aliphatic rings. The first-order chi connectivity index (χ1) is 10.0. The molecule has 0 fully saturated rings. The summed E-state index contributed by atoms with van der Waals surface area (Å²) in [4.78, 5) is 8.24. The Morgan fingerprint density at radius 3 is 2.67 bits per heavy atom. The fourth-order valence-corrected chi connectivity index (χ4v) is 2.03. The minimum atomic E-state index is -0.0456. The van der Waals surface area contributed by atoms with E-state index in [1.807, 2.05) is 39.0 Å². The average molecular weight is 304 g/mol. The molecule has 21 heavy (non-hydrogen) atoms. The minimum absolute atomic E-state index is 0.0456. The van der Waals surface area contributed by atoms with Crippen molar-refractivity contribution in [3.8, 4) is 5.75 Å². The fourth-order valence-electron chi connectivity index (χ4n) is 1.87. The van der Waals surface area contributed by atoms with Crippen LogP contribution in [-0.2, 0) is 0 Å². The van der Waals surface area contributed by atoms with Gasteiger partial charge in [0.25, 0.3) is 0 Å². The zero-order chi connectivity index (χ0) is 15.2. The van der Waals surface area contributed by atoms with Gasteiger partial charge in [-0.05, 0) is 45.0 Å². The van der Waals surface area contributed by atoms with E-state index in [2.05, 4.69) is 15.3 Å². The molecule has 0 spiro atoms. The van der Waals surface area contributed by atoms with Crippen molar-refractivity contribution in [3.63, 3.8) is 0 Å². The maximum absolute atomic E-state index is 6.18. The molecule has 1 N–H and O–H groups in total. The van der Waals surface area contributed by atoms with Crippen molar-refractivity contribution in [2.75, 3.05) is 5.32 Å². The summed E-state index contributed by atoms with van der Waals surface area (Å²) >= 11 is 6.18. The number of rotatable bonds is 5. The first-order valence-electron chi connectivity index (χ1n) is 6.70. The third-order valence-corrected chi connectivity index (χ3v) is 2.95. The number of hydrogen-bond donors (Lipinski definition) is 1. The third-order valence-electron chi connectivity index (χ3n) is 2.63. The SMILES string of the molecule is CC(C)=CC(C)Oc1cc(Nc2ncccn2)ccc1Cl. The average Bonchev–Trinajstić information content (AvgIpc) is 2.43. The number of hydrogen-bond acceptors (Lipinski definition) is 4. The molecular formula is C16H18ClN3O. The van der Waals surface area contributed by atoms with Gasteiger partial charge in [0.05, 0.1) is 5.02 Å². The Kier molecular flexibility index (Phi) is 5.17. The Morgan fingerprint density at radius 2 is 2.00 bits per heavy atom. The van der Waals surface area contributed by atoms with Gasteiger partial charge in [-0.2, -0.15) is 0 Å². The van der Waals surface area contributed by atoms with Gasteiger partial charge >= 0.3 is 0 Å². The van der Waals surface area contributed by atoms with E-state index in [9.17, 15) is 0 Å². The van der Waals surface area contributed by atoms with E-state index in [0.29, 0.717) is 16.7 Å². The molecule has 1 atom stereocenters. The van der Waals surface area contributed by atoms with E-state index >= 15 is 0 Å². The zero-order valence-electron chi connectivity index (χ0n) is 12.3. The van der Waals surface area contributed by atoms with Gasteiger partial charge < -0.3 is 10.1 Å². The van der Waals surface area contributed by atoms with E-state index in [1.165, 1.54) is 5.57 Å². The summed E-state index contributed by atoms with van der Waals surface area (Å²) in [6.45, 7) is 6.04. The fraction of sp³-hybridized carbons (Fsp3) is 0.250. The highest BCUT2D eigenvalue weighted by Gasteiger charge is 2.07. The lowest BCUT2D eigenvalue weighted by Crippen LogP contribution is -2.09. The van der Waals surface area contributed by atoms with Crippen molar-refractivity contribution < 1.29 is 4.74 Å². The van der Waals surface area contributed by atoms with E-state index in [4.69, 9.17) is 16.3 Å². The van der Waals surface area contributed by atoms with Crippen LogP contribution in [0.4, 0.5) is 11.6 Å². The van der Waals surface area contributed by atoms with Crippen LogP contribution in [0.1, 0.15) is 20.8 Å². The van der Waals surface area contributed by atoms with Crippen LogP contribution in [-0.4, -0.2) is 16.1 Å². The Balaban J connectivity index is 2.15. The van der Waals surface area contributed by atoms with E-state index in [-0.39, 0.29) is 6.10 Å². The lowest BCUT2D eigenvalue weighted by atomic mass is 10.2. The monoisotopic (exact) mass is 303 g/mol. The van der Waals surface area contributed by atoms with Gasteiger partial charge in [-0.1, -0.05) is 17.2 Å². The van der Waals surface area contributed by atoms with Gasteiger partial charge in [0.1, 0.15) is 11.9 Å². The molecule has 0 saturated heterocycles. The highest BCUT2D eigenvalue weighted by Crippen LogP contribution is 2.29. The van der Waals surface area contributed by atoms with E-state index in [1.54, 1.807) is 24.5 Å². The molecule has 0 aliphatic carbocycles. The van der Waals surface area contributed by atoms with Crippen LogP contribution in [0.3, 0.4) is 0 Å². The van der Waals surface area contributed by atoms with Crippen LogP contribution in [0.25, 0.3) is 0 Å². The van der Waals surface area contributed by atoms with Crippen molar-refractivity contribution >= 4 is 23.2 Å². The van der Waals surface area contributed by atoms with Crippen LogP contribution < -0.4 is 10.1 Å². The van der Waals surface area contributed by atoms with Gasteiger partial charge in [-0.15, -0.1) is 0 Å². The summed E-state index contributed by atoms with van der Waals surface area (Å²) in [6, 6.07) is 7.26. The molecule has 4 nitrogen and oxygen atoms in total. The second-order valence-corrected chi connectivity index (χ2v) is 5.32. The van der Waals surface area contributed by atoms with Gasteiger partial charge in [-0.3, -0.25) is 0 Å².